The van der Waals surface area contributed by atoms with Gasteiger partial charge in [0.1, 0.15) is 0 Å². The van der Waals surface area contributed by atoms with Gasteiger partial charge in [-0.3, -0.25) is 5.10 Å². The van der Waals surface area contributed by atoms with Gasteiger partial charge in [-0.2, -0.15) is 5.10 Å². The van der Waals surface area contributed by atoms with Crippen LogP contribution in [0.1, 0.15) is 34.6 Å². The average molecular weight is 222 g/mol. The molecule has 1 aliphatic heterocycles. The van der Waals surface area contributed by atoms with Crippen LogP contribution in [0.15, 0.2) is 12.4 Å². The van der Waals surface area contributed by atoms with E-state index in [2.05, 4.69) is 44.8 Å². The maximum atomic E-state index is 6.09. The summed E-state index contributed by atoms with van der Waals surface area (Å²) in [5.74, 6) is 0.388. The highest BCUT2D eigenvalue weighted by molar-refractivity contribution is 6.61. The fourth-order valence-corrected chi connectivity index (χ4v) is 2.13. The van der Waals surface area contributed by atoms with Crippen molar-refractivity contribution in [3.05, 3.63) is 12.4 Å². The number of nitrogens with one attached hydrogen (secondary N) is 1. The lowest BCUT2D eigenvalue weighted by atomic mass is 9.78. The molecular formula is C11H19BN2O2. The molecule has 0 aromatic carbocycles. The predicted molar refractivity (Wildman–Crippen MR) is 63.5 cm³/mol. The van der Waals surface area contributed by atoms with Crippen molar-refractivity contribution in [1.29, 1.82) is 0 Å². The summed E-state index contributed by atoms with van der Waals surface area (Å²) in [6, 6.07) is 0. The summed E-state index contributed by atoms with van der Waals surface area (Å²) in [5.41, 5.74) is 0.357. The van der Waals surface area contributed by atoms with Crippen LogP contribution in [-0.4, -0.2) is 28.5 Å². The molecule has 2 heterocycles. The predicted octanol–water partition coefficient (Wildman–Crippen LogP) is 1.34. The van der Waals surface area contributed by atoms with Gasteiger partial charge in [0, 0.05) is 17.9 Å². The molecule has 1 N–H and O–H groups in total. The molecule has 16 heavy (non-hydrogen) atoms. The van der Waals surface area contributed by atoms with Gasteiger partial charge in [-0.25, -0.2) is 0 Å². The Morgan fingerprint density at radius 2 is 2.00 bits per heavy atom. The molecule has 0 aliphatic carbocycles. The first-order valence-electron chi connectivity index (χ1n) is 5.71. The lowest BCUT2D eigenvalue weighted by Gasteiger charge is -2.39. The van der Waals surface area contributed by atoms with Gasteiger partial charge in [-0.15, -0.1) is 0 Å². The third kappa shape index (κ3) is 1.58. The summed E-state index contributed by atoms with van der Waals surface area (Å²) in [6.45, 7) is 10.6. The summed E-state index contributed by atoms with van der Waals surface area (Å²) in [4.78, 5) is 0. The Balaban J connectivity index is 2.27. The second-order valence-electron chi connectivity index (χ2n) is 5.37. The number of hydrogen-bond donors (Lipinski definition) is 1. The molecule has 1 aliphatic rings. The van der Waals surface area contributed by atoms with Crippen LogP contribution in [0.4, 0.5) is 0 Å². The number of aromatic nitrogens is 2. The molecule has 2 rings (SSSR count). The zero-order chi connectivity index (χ0) is 12.0. The summed E-state index contributed by atoms with van der Waals surface area (Å²) >= 11 is 0. The number of rotatable bonds is 2. The molecule has 5 heteroatoms. The van der Waals surface area contributed by atoms with E-state index < -0.39 is 0 Å². The van der Waals surface area contributed by atoms with Crippen LogP contribution in [0, 0.1) is 5.92 Å². The number of H-pyrrole nitrogens is 1. The Morgan fingerprint density at radius 3 is 2.44 bits per heavy atom. The van der Waals surface area contributed by atoms with E-state index >= 15 is 0 Å². The highest BCUT2D eigenvalue weighted by atomic mass is 16.7. The SMILES string of the molecule is CC(C)C1(C)OB(c2cn[nH]c2)OC1(C)C. The van der Waals surface area contributed by atoms with E-state index in [1.54, 1.807) is 6.20 Å². The van der Waals surface area contributed by atoms with Gasteiger partial charge in [-0.05, 0) is 26.7 Å². The van der Waals surface area contributed by atoms with Gasteiger partial charge in [-0.1, -0.05) is 13.8 Å². The molecule has 4 nitrogen and oxygen atoms in total. The van der Waals surface area contributed by atoms with Crippen molar-refractivity contribution in [2.24, 2.45) is 5.92 Å². The molecule has 0 bridgehead atoms. The van der Waals surface area contributed by atoms with Gasteiger partial charge in [0.05, 0.1) is 11.2 Å². The lowest BCUT2D eigenvalue weighted by Crippen LogP contribution is -2.48. The van der Waals surface area contributed by atoms with Crippen LogP contribution in [0.3, 0.4) is 0 Å². The van der Waals surface area contributed by atoms with Crippen molar-refractivity contribution in [2.45, 2.75) is 45.8 Å². The summed E-state index contributed by atoms with van der Waals surface area (Å²) in [7, 11) is -0.318. The minimum absolute atomic E-state index is 0.283. The van der Waals surface area contributed by atoms with E-state index in [1.165, 1.54) is 0 Å². The first kappa shape index (κ1) is 11.7. The first-order chi connectivity index (χ1) is 7.37. The third-order valence-electron chi connectivity index (χ3n) is 3.84. The smallest absolute Gasteiger partial charge is 0.399 e. The Hall–Kier alpha value is -0.805. The van der Waals surface area contributed by atoms with Gasteiger partial charge in [0.15, 0.2) is 0 Å². The topological polar surface area (TPSA) is 47.1 Å². The van der Waals surface area contributed by atoms with Crippen molar-refractivity contribution in [1.82, 2.24) is 10.2 Å². The second kappa shape index (κ2) is 3.60. The van der Waals surface area contributed by atoms with E-state index in [0.717, 1.165) is 5.46 Å². The van der Waals surface area contributed by atoms with Crippen molar-refractivity contribution in [3.63, 3.8) is 0 Å². The molecule has 0 radical (unpaired) electrons. The molecule has 1 atom stereocenters. The highest BCUT2D eigenvalue weighted by Crippen LogP contribution is 2.41. The van der Waals surface area contributed by atoms with E-state index in [9.17, 15) is 0 Å². The molecule has 0 spiro atoms. The van der Waals surface area contributed by atoms with Gasteiger partial charge >= 0.3 is 7.12 Å². The number of nitrogens with zero attached hydrogens (tertiary/aromatic N) is 1. The summed E-state index contributed by atoms with van der Waals surface area (Å²) in [6.07, 6.45) is 3.56. The monoisotopic (exact) mass is 222 g/mol. The maximum absolute atomic E-state index is 6.09. The van der Waals surface area contributed by atoms with Crippen LogP contribution >= 0.6 is 0 Å². The van der Waals surface area contributed by atoms with E-state index in [4.69, 9.17) is 9.31 Å². The first-order valence-corrected chi connectivity index (χ1v) is 5.71. The second-order valence-corrected chi connectivity index (χ2v) is 5.37. The zero-order valence-electron chi connectivity index (χ0n) is 10.6. The van der Waals surface area contributed by atoms with Gasteiger partial charge in [0.2, 0.25) is 0 Å². The van der Waals surface area contributed by atoms with Gasteiger partial charge < -0.3 is 9.31 Å². The van der Waals surface area contributed by atoms with Crippen LogP contribution in [0.25, 0.3) is 0 Å². The van der Waals surface area contributed by atoms with E-state index in [-0.39, 0.29) is 18.3 Å². The minimum Gasteiger partial charge on any atom is -0.399 e. The molecule has 88 valence electrons. The van der Waals surface area contributed by atoms with Crippen LogP contribution < -0.4 is 5.46 Å². The molecule has 1 unspecified atom stereocenters. The van der Waals surface area contributed by atoms with Crippen LogP contribution in [-0.2, 0) is 9.31 Å². The molecular weight excluding hydrogens is 203 g/mol. The lowest BCUT2D eigenvalue weighted by molar-refractivity contribution is -0.0435. The molecule has 1 fully saturated rings. The standard InChI is InChI=1S/C11H19BN2O2/c1-8(2)11(5)10(3,4)15-12(16-11)9-6-13-14-7-9/h6-8H,1-5H3,(H,13,14). The Bertz CT molecular complexity index is 364. The van der Waals surface area contributed by atoms with Crippen molar-refractivity contribution in [3.8, 4) is 0 Å². The fraction of sp³-hybridized carbons (Fsp3) is 0.727. The summed E-state index contributed by atoms with van der Waals surface area (Å²) in [5, 5.41) is 6.70. The molecule has 1 aromatic heterocycles. The van der Waals surface area contributed by atoms with Crippen molar-refractivity contribution >= 4 is 12.6 Å². The normalized spacial score (nSPS) is 29.0. The fourth-order valence-electron chi connectivity index (χ4n) is 2.13. The Morgan fingerprint density at radius 1 is 1.31 bits per heavy atom. The zero-order valence-corrected chi connectivity index (χ0v) is 10.6. The average Bonchev–Trinajstić information content (AvgIpc) is 2.74. The molecule has 0 amide bonds. The number of hydrogen-bond acceptors (Lipinski definition) is 3. The van der Waals surface area contributed by atoms with Crippen LogP contribution in [0.5, 0.6) is 0 Å². The third-order valence-corrected chi connectivity index (χ3v) is 3.84. The van der Waals surface area contributed by atoms with Crippen molar-refractivity contribution in [2.75, 3.05) is 0 Å². The Labute approximate surface area is 96.9 Å². The van der Waals surface area contributed by atoms with Crippen molar-refractivity contribution < 1.29 is 9.31 Å². The van der Waals surface area contributed by atoms with Gasteiger partial charge in [0.25, 0.3) is 0 Å². The number of aromatic amines is 1. The maximum Gasteiger partial charge on any atom is 0.498 e. The van der Waals surface area contributed by atoms with E-state index in [1.807, 2.05) is 6.20 Å². The van der Waals surface area contributed by atoms with E-state index in [0.29, 0.717) is 5.92 Å². The highest BCUT2D eigenvalue weighted by Gasteiger charge is 2.56. The largest absolute Gasteiger partial charge is 0.498 e. The Kier molecular flexibility index (Phi) is 2.63. The minimum atomic E-state index is -0.318. The molecule has 0 saturated carbocycles. The summed E-state index contributed by atoms with van der Waals surface area (Å²) < 4.78 is 12.1. The molecule has 1 saturated heterocycles. The van der Waals surface area contributed by atoms with Crippen LogP contribution in [0.2, 0.25) is 0 Å². The molecule has 1 aromatic rings. The quantitative estimate of drug-likeness (QED) is 0.768.